The molecule has 1 atom stereocenters. The van der Waals surface area contributed by atoms with Crippen LogP contribution in [0.4, 0.5) is 11.4 Å². The van der Waals surface area contributed by atoms with E-state index in [0.717, 1.165) is 5.56 Å². The van der Waals surface area contributed by atoms with Gasteiger partial charge in [-0.05, 0) is 36.8 Å². The number of para-hydroxylation sites is 2. The van der Waals surface area contributed by atoms with Crippen LogP contribution in [0, 0.1) is 0 Å². The van der Waals surface area contributed by atoms with Crippen LogP contribution in [0.1, 0.15) is 18.5 Å². The summed E-state index contributed by atoms with van der Waals surface area (Å²) >= 11 is 12.1. The first-order valence-corrected chi connectivity index (χ1v) is 8.59. The van der Waals surface area contributed by atoms with E-state index < -0.39 is 0 Å². The molecule has 5 nitrogen and oxygen atoms in total. The van der Waals surface area contributed by atoms with Gasteiger partial charge in [-0.1, -0.05) is 41.4 Å². The minimum atomic E-state index is -0.208. The molecule has 1 aliphatic heterocycles. The quantitative estimate of drug-likeness (QED) is 0.854. The number of hydrogen-bond acceptors (Lipinski definition) is 3. The van der Waals surface area contributed by atoms with E-state index in [1.54, 1.807) is 18.2 Å². The minimum absolute atomic E-state index is 0.00755. The second kappa shape index (κ2) is 7.44. The molecule has 0 radical (unpaired) electrons. The van der Waals surface area contributed by atoms with E-state index in [2.05, 4.69) is 10.6 Å². The number of nitrogens with one attached hydrogen (secondary N) is 2. The third-order valence-electron chi connectivity index (χ3n) is 4.06. The fraction of sp³-hybridized carbons (Fsp3) is 0.222. The molecule has 0 unspecified atom stereocenters. The summed E-state index contributed by atoms with van der Waals surface area (Å²) in [5.41, 5.74) is 2.20. The van der Waals surface area contributed by atoms with Gasteiger partial charge in [0.25, 0.3) is 0 Å². The highest BCUT2D eigenvalue weighted by Gasteiger charge is 2.26. The first-order chi connectivity index (χ1) is 12.0. The number of anilines is 2. The van der Waals surface area contributed by atoms with E-state index >= 15 is 0 Å². The second-order valence-corrected chi connectivity index (χ2v) is 6.66. The van der Waals surface area contributed by atoms with Gasteiger partial charge in [-0.15, -0.1) is 0 Å². The zero-order valence-corrected chi connectivity index (χ0v) is 15.1. The Morgan fingerprint density at radius 1 is 1.28 bits per heavy atom. The van der Waals surface area contributed by atoms with Gasteiger partial charge in [0, 0.05) is 16.1 Å². The fourth-order valence-electron chi connectivity index (χ4n) is 2.75. The number of rotatable bonds is 4. The van der Waals surface area contributed by atoms with E-state index in [4.69, 9.17) is 23.2 Å². The monoisotopic (exact) mass is 377 g/mol. The third kappa shape index (κ3) is 3.95. The summed E-state index contributed by atoms with van der Waals surface area (Å²) in [6.45, 7) is 2.01. The van der Waals surface area contributed by atoms with Gasteiger partial charge in [0.15, 0.2) is 0 Å². The first-order valence-electron chi connectivity index (χ1n) is 7.83. The van der Waals surface area contributed by atoms with Crippen LogP contribution >= 0.6 is 23.2 Å². The zero-order chi connectivity index (χ0) is 18.0. The molecule has 3 rings (SSSR count). The van der Waals surface area contributed by atoms with Crippen LogP contribution in [-0.2, 0) is 9.59 Å². The van der Waals surface area contributed by atoms with E-state index in [1.807, 2.05) is 31.2 Å². The lowest BCUT2D eigenvalue weighted by Gasteiger charge is -2.29. The molecule has 0 fully saturated rings. The number of benzene rings is 2. The summed E-state index contributed by atoms with van der Waals surface area (Å²) in [5, 5.41) is 7.02. The Morgan fingerprint density at radius 3 is 2.80 bits per heavy atom. The number of hydrogen-bond donors (Lipinski definition) is 2. The van der Waals surface area contributed by atoms with Crippen LogP contribution in [0.2, 0.25) is 10.0 Å². The van der Waals surface area contributed by atoms with Crippen molar-refractivity contribution in [1.29, 1.82) is 0 Å². The molecule has 130 valence electrons. The van der Waals surface area contributed by atoms with E-state index in [0.29, 0.717) is 21.4 Å². The molecule has 2 amide bonds. The highest BCUT2D eigenvalue weighted by Crippen LogP contribution is 2.29. The van der Waals surface area contributed by atoms with Gasteiger partial charge < -0.3 is 10.6 Å². The summed E-state index contributed by atoms with van der Waals surface area (Å²) in [6, 6.07) is 12.4. The van der Waals surface area contributed by atoms with Gasteiger partial charge in [0.1, 0.15) is 6.54 Å². The fourth-order valence-corrected chi connectivity index (χ4v) is 3.33. The predicted molar refractivity (Wildman–Crippen MR) is 100 cm³/mol. The van der Waals surface area contributed by atoms with E-state index in [9.17, 15) is 9.59 Å². The molecule has 2 aromatic carbocycles. The number of carbonyl (C=O) groups excluding carboxylic acids is 2. The maximum absolute atomic E-state index is 12.6. The maximum Gasteiger partial charge on any atom is 0.244 e. The molecule has 0 saturated heterocycles. The van der Waals surface area contributed by atoms with Crippen molar-refractivity contribution >= 4 is 46.4 Å². The summed E-state index contributed by atoms with van der Waals surface area (Å²) in [7, 11) is 0. The second-order valence-electron chi connectivity index (χ2n) is 5.81. The van der Waals surface area contributed by atoms with Gasteiger partial charge in [0.2, 0.25) is 11.8 Å². The first kappa shape index (κ1) is 17.7. The molecular formula is C18H17Cl2N3O2. The number of amides is 2. The molecular weight excluding hydrogens is 361 g/mol. The SMILES string of the molecule is C[C@@H](NCC(=O)N1CC(=O)Nc2ccccc21)c1ccc(Cl)cc1Cl. The Bertz CT molecular complexity index is 826. The van der Waals surface area contributed by atoms with Crippen LogP contribution in [-0.4, -0.2) is 24.9 Å². The molecule has 0 bridgehead atoms. The number of halogens is 2. The van der Waals surface area contributed by atoms with Crippen molar-refractivity contribution < 1.29 is 9.59 Å². The average Bonchev–Trinajstić information content (AvgIpc) is 2.58. The van der Waals surface area contributed by atoms with E-state index in [-0.39, 0.29) is 30.9 Å². The lowest BCUT2D eigenvalue weighted by atomic mass is 10.1. The molecule has 0 aliphatic carbocycles. The molecule has 2 aromatic rings. The van der Waals surface area contributed by atoms with Gasteiger partial charge in [0.05, 0.1) is 17.9 Å². The van der Waals surface area contributed by atoms with Crippen LogP contribution in [0.3, 0.4) is 0 Å². The van der Waals surface area contributed by atoms with Crippen LogP contribution in [0.5, 0.6) is 0 Å². The topological polar surface area (TPSA) is 61.4 Å². The molecule has 25 heavy (non-hydrogen) atoms. The van der Waals surface area contributed by atoms with Crippen molar-refractivity contribution in [2.75, 3.05) is 23.3 Å². The molecule has 0 spiro atoms. The maximum atomic E-state index is 12.6. The smallest absolute Gasteiger partial charge is 0.244 e. The lowest BCUT2D eigenvalue weighted by Crippen LogP contribution is -2.46. The van der Waals surface area contributed by atoms with Crippen molar-refractivity contribution in [3.05, 3.63) is 58.1 Å². The normalized spacial score (nSPS) is 14.7. The largest absolute Gasteiger partial charge is 0.323 e. The molecule has 0 aromatic heterocycles. The minimum Gasteiger partial charge on any atom is -0.323 e. The van der Waals surface area contributed by atoms with Crippen LogP contribution in [0.25, 0.3) is 0 Å². The van der Waals surface area contributed by atoms with Crippen LogP contribution < -0.4 is 15.5 Å². The summed E-state index contributed by atoms with van der Waals surface area (Å²) < 4.78 is 0. The Labute approximate surface area is 155 Å². The third-order valence-corrected chi connectivity index (χ3v) is 4.62. The summed E-state index contributed by atoms with van der Waals surface area (Å²) in [5.74, 6) is -0.389. The summed E-state index contributed by atoms with van der Waals surface area (Å²) in [6.07, 6.45) is 0. The van der Waals surface area contributed by atoms with Crippen molar-refractivity contribution in [3.63, 3.8) is 0 Å². The molecule has 1 heterocycles. The molecule has 7 heteroatoms. The zero-order valence-electron chi connectivity index (χ0n) is 13.6. The Morgan fingerprint density at radius 2 is 2.04 bits per heavy atom. The number of fused-ring (bicyclic) bond motifs is 1. The molecule has 0 saturated carbocycles. The lowest BCUT2D eigenvalue weighted by molar-refractivity contribution is -0.121. The number of nitrogens with zero attached hydrogens (tertiary/aromatic N) is 1. The molecule has 2 N–H and O–H groups in total. The standard InChI is InChI=1S/C18H17Cl2N3O2/c1-11(13-7-6-12(19)8-14(13)20)21-9-18(25)23-10-17(24)22-15-4-2-3-5-16(15)23/h2-8,11,21H,9-10H2,1H3,(H,22,24)/t11-/m1/s1. The van der Waals surface area contributed by atoms with Gasteiger partial charge in [-0.25, -0.2) is 0 Å². The van der Waals surface area contributed by atoms with Gasteiger partial charge >= 0.3 is 0 Å². The average molecular weight is 378 g/mol. The van der Waals surface area contributed by atoms with Gasteiger partial charge in [-0.3, -0.25) is 14.5 Å². The highest BCUT2D eigenvalue weighted by molar-refractivity contribution is 6.35. The highest BCUT2D eigenvalue weighted by atomic mass is 35.5. The van der Waals surface area contributed by atoms with Crippen LogP contribution in [0.15, 0.2) is 42.5 Å². The van der Waals surface area contributed by atoms with Crippen molar-refractivity contribution in [2.45, 2.75) is 13.0 Å². The predicted octanol–water partition coefficient (Wildman–Crippen LogP) is 3.63. The van der Waals surface area contributed by atoms with Gasteiger partial charge in [-0.2, -0.15) is 0 Å². The Kier molecular flexibility index (Phi) is 5.27. The summed E-state index contributed by atoms with van der Waals surface area (Å²) in [4.78, 5) is 25.9. The number of carbonyl (C=O) groups is 2. The van der Waals surface area contributed by atoms with Crippen molar-refractivity contribution in [1.82, 2.24) is 5.32 Å². The van der Waals surface area contributed by atoms with Crippen molar-refractivity contribution in [2.24, 2.45) is 0 Å². The van der Waals surface area contributed by atoms with E-state index in [1.165, 1.54) is 4.90 Å². The van der Waals surface area contributed by atoms with Crippen molar-refractivity contribution in [3.8, 4) is 0 Å². The Hall–Kier alpha value is -2.08. The molecule has 1 aliphatic rings. The Balaban J connectivity index is 1.69.